The Bertz CT molecular complexity index is 968. The van der Waals surface area contributed by atoms with Crippen LogP contribution in [0.3, 0.4) is 0 Å². The summed E-state index contributed by atoms with van der Waals surface area (Å²) < 4.78 is 5.38. The zero-order valence-corrected chi connectivity index (χ0v) is 14.7. The molecule has 3 aromatic rings. The second-order valence-electron chi connectivity index (χ2n) is 6.18. The van der Waals surface area contributed by atoms with Crippen molar-refractivity contribution in [3.63, 3.8) is 0 Å². The van der Waals surface area contributed by atoms with E-state index in [9.17, 15) is 9.59 Å². The second-order valence-corrected chi connectivity index (χ2v) is 6.18. The van der Waals surface area contributed by atoms with Gasteiger partial charge in [-0.15, -0.1) is 0 Å². The summed E-state index contributed by atoms with van der Waals surface area (Å²) in [4.78, 5) is 28.8. The first-order valence-electron chi connectivity index (χ1n) is 8.36. The number of aryl methyl sites for hydroxylation is 2. The minimum Gasteiger partial charge on any atom is -0.447 e. The van der Waals surface area contributed by atoms with Gasteiger partial charge >= 0.3 is 5.97 Å². The number of benzene rings is 2. The number of para-hydroxylation sites is 1. The van der Waals surface area contributed by atoms with E-state index in [4.69, 9.17) is 10.5 Å². The lowest BCUT2D eigenvalue weighted by Gasteiger charge is -2.17. The molecule has 2 N–H and O–H groups in total. The van der Waals surface area contributed by atoms with Crippen molar-refractivity contribution in [1.29, 1.82) is 0 Å². The zero-order chi connectivity index (χ0) is 18.7. The molecule has 2 aromatic carbocycles. The Morgan fingerprint density at radius 2 is 1.69 bits per heavy atom. The van der Waals surface area contributed by atoms with E-state index in [0.717, 1.165) is 27.7 Å². The van der Waals surface area contributed by atoms with Gasteiger partial charge in [-0.05, 0) is 31.0 Å². The molecular weight excluding hydrogens is 328 g/mol. The van der Waals surface area contributed by atoms with E-state index in [1.807, 2.05) is 44.2 Å². The largest absolute Gasteiger partial charge is 0.447 e. The number of rotatable bonds is 5. The Morgan fingerprint density at radius 3 is 2.38 bits per heavy atom. The molecule has 0 aliphatic heterocycles. The first kappa shape index (κ1) is 17.6. The molecule has 5 nitrogen and oxygen atoms in total. The molecule has 0 aliphatic rings. The van der Waals surface area contributed by atoms with Crippen LogP contribution in [0.25, 0.3) is 10.9 Å². The van der Waals surface area contributed by atoms with Crippen LogP contribution in [-0.4, -0.2) is 16.9 Å². The summed E-state index contributed by atoms with van der Waals surface area (Å²) in [6.07, 6.45) is -1.07. The van der Waals surface area contributed by atoms with Crippen molar-refractivity contribution in [2.24, 2.45) is 5.73 Å². The Morgan fingerprint density at radius 1 is 1.04 bits per heavy atom. The van der Waals surface area contributed by atoms with Gasteiger partial charge in [0.1, 0.15) is 0 Å². The van der Waals surface area contributed by atoms with Gasteiger partial charge in [0.2, 0.25) is 6.10 Å². The van der Waals surface area contributed by atoms with E-state index in [0.29, 0.717) is 5.56 Å². The Balaban J connectivity index is 1.86. The molecule has 26 heavy (non-hydrogen) atoms. The Hall–Kier alpha value is -3.21. The van der Waals surface area contributed by atoms with Crippen molar-refractivity contribution in [2.75, 3.05) is 0 Å². The fraction of sp³-hybridized carbons (Fsp3) is 0.190. The highest BCUT2D eigenvalue weighted by molar-refractivity contribution is 5.87. The molecule has 0 aliphatic carbocycles. The van der Waals surface area contributed by atoms with Crippen molar-refractivity contribution in [2.45, 2.75) is 26.4 Å². The molecular formula is C21H20N2O3. The number of carbonyl (C=O) groups is 2. The van der Waals surface area contributed by atoms with Crippen LogP contribution in [0, 0.1) is 13.8 Å². The molecule has 0 radical (unpaired) electrons. The van der Waals surface area contributed by atoms with Crippen LogP contribution in [0.15, 0.2) is 54.6 Å². The van der Waals surface area contributed by atoms with E-state index in [-0.39, 0.29) is 6.42 Å². The summed E-state index contributed by atoms with van der Waals surface area (Å²) in [6, 6.07) is 16.5. The Kier molecular flexibility index (Phi) is 4.98. The quantitative estimate of drug-likeness (QED) is 0.718. The fourth-order valence-corrected chi connectivity index (χ4v) is 3.07. The zero-order valence-electron chi connectivity index (χ0n) is 14.7. The van der Waals surface area contributed by atoms with Crippen molar-refractivity contribution < 1.29 is 14.3 Å². The predicted octanol–water partition coefficient (Wildman–Crippen LogP) is 3.16. The number of amides is 1. The summed E-state index contributed by atoms with van der Waals surface area (Å²) in [5.74, 6) is -1.21. The topological polar surface area (TPSA) is 82.3 Å². The Labute approximate surface area is 151 Å². The van der Waals surface area contributed by atoms with Crippen LogP contribution in [0.2, 0.25) is 0 Å². The number of pyridine rings is 1. The molecule has 3 rings (SSSR count). The summed E-state index contributed by atoms with van der Waals surface area (Å²) in [5.41, 5.74) is 9.43. The molecule has 132 valence electrons. The third kappa shape index (κ3) is 3.57. The fourth-order valence-electron chi connectivity index (χ4n) is 3.07. The van der Waals surface area contributed by atoms with Crippen LogP contribution >= 0.6 is 0 Å². The molecule has 1 unspecified atom stereocenters. The van der Waals surface area contributed by atoms with E-state index < -0.39 is 18.0 Å². The number of nitrogens with zero attached hydrogens (tertiary/aromatic N) is 1. The summed E-state index contributed by atoms with van der Waals surface area (Å²) >= 11 is 0. The summed E-state index contributed by atoms with van der Waals surface area (Å²) in [5, 5.41) is 0.996. The molecule has 0 spiro atoms. The van der Waals surface area contributed by atoms with Gasteiger partial charge in [-0.1, -0.05) is 48.5 Å². The normalized spacial score (nSPS) is 11.9. The molecule has 5 heteroatoms. The van der Waals surface area contributed by atoms with Gasteiger partial charge in [0.25, 0.3) is 5.91 Å². The smallest absolute Gasteiger partial charge is 0.311 e. The van der Waals surface area contributed by atoms with Crippen molar-refractivity contribution in [1.82, 2.24) is 4.98 Å². The van der Waals surface area contributed by atoms with Crippen LogP contribution < -0.4 is 5.73 Å². The number of hydrogen-bond donors (Lipinski definition) is 1. The molecule has 0 saturated carbocycles. The maximum absolute atomic E-state index is 12.5. The number of fused-ring (bicyclic) bond motifs is 1. The third-order valence-corrected chi connectivity index (χ3v) is 4.42. The van der Waals surface area contributed by atoms with E-state index in [2.05, 4.69) is 4.98 Å². The van der Waals surface area contributed by atoms with Gasteiger partial charge in [0.05, 0.1) is 11.9 Å². The standard InChI is InChI=1S/C21H20N2O3/c1-13-16-10-6-7-11-18(16)23-14(2)17(13)12-19(24)26-20(21(22)25)15-8-4-3-5-9-15/h3-11,20H,12H2,1-2H3,(H2,22,25). The molecule has 1 aromatic heterocycles. The first-order chi connectivity index (χ1) is 12.5. The minimum atomic E-state index is -1.10. The number of nitrogens with two attached hydrogens (primary N) is 1. The van der Waals surface area contributed by atoms with Crippen molar-refractivity contribution in [3.8, 4) is 0 Å². The summed E-state index contributed by atoms with van der Waals surface area (Å²) in [6.45, 7) is 3.83. The average Bonchev–Trinajstić information content (AvgIpc) is 2.63. The van der Waals surface area contributed by atoms with Gasteiger partial charge in [0, 0.05) is 16.6 Å². The van der Waals surface area contributed by atoms with Crippen LogP contribution in [0.4, 0.5) is 0 Å². The molecule has 0 fully saturated rings. The lowest BCUT2D eigenvalue weighted by molar-refractivity contribution is -0.154. The lowest BCUT2D eigenvalue weighted by atomic mass is 9.99. The molecule has 1 amide bonds. The SMILES string of the molecule is Cc1nc2ccccc2c(C)c1CC(=O)OC(C(N)=O)c1ccccc1. The highest BCUT2D eigenvalue weighted by Gasteiger charge is 2.23. The van der Waals surface area contributed by atoms with Gasteiger partial charge in [-0.2, -0.15) is 0 Å². The second kappa shape index (κ2) is 7.35. The lowest BCUT2D eigenvalue weighted by Crippen LogP contribution is -2.27. The minimum absolute atomic E-state index is 0.0338. The maximum Gasteiger partial charge on any atom is 0.311 e. The van der Waals surface area contributed by atoms with Crippen molar-refractivity contribution in [3.05, 3.63) is 77.0 Å². The maximum atomic E-state index is 12.5. The summed E-state index contributed by atoms with van der Waals surface area (Å²) in [7, 11) is 0. The monoisotopic (exact) mass is 348 g/mol. The van der Waals surface area contributed by atoms with Crippen molar-refractivity contribution >= 4 is 22.8 Å². The average molecular weight is 348 g/mol. The van der Waals surface area contributed by atoms with Gasteiger partial charge in [0.15, 0.2) is 0 Å². The number of ether oxygens (including phenoxy) is 1. The number of primary amides is 1. The molecule has 1 atom stereocenters. The van der Waals surface area contributed by atoms with Gasteiger partial charge in [-0.25, -0.2) is 0 Å². The van der Waals surface area contributed by atoms with Gasteiger partial charge in [-0.3, -0.25) is 14.6 Å². The highest BCUT2D eigenvalue weighted by atomic mass is 16.5. The molecule has 1 heterocycles. The van der Waals surface area contributed by atoms with Crippen LogP contribution in [-0.2, 0) is 20.7 Å². The van der Waals surface area contributed by atoms with Gasteiger partial charge < -0.3 is 10.5 Å². The number of hydrogen-bond acceptors (Lipinski definition) is 4. The first-order valence-corrected chi connectivity index (χ1v) is 8.36. The van der Waals surface area contributed by atoms with Crippen LogP contribution in [0.5, 0.6) is 0 Å². The third-order valence-electron chi connectivity index (χ3n) is 4.42. The van der Waals surface area contributed by atoms with E-state index in [1.165, 1.54) is 0 Å². The van der Waals surface area contributed by atoms with Crippen LogP contribution in [0.1, 0.15) is 28.5 Å². The molecule has 0 saturated heterocycles. The predicted molar refractivity (Wildman–Crippen MR) is 99.4 cm³/mol. The highest BCUT2D eigenvalue weighted by Crippen LogP contribution is 2.24. The number of aromatic nitrogens is 1. The van der Waals surface area contributed by atoms with E-state index >= 15 is 0 Å². The number of carbonyl (C=O) groups excluding carboxylic acids is 2. The van der Waals surface area contributed by atoms with E-state index in [1.54, 1.807) is 24.3 Å². The molecule has 0 bridgehead atoms. The number of esters is 1.